The van der Waals surface area contributed by atoms with Crippen molar-refractivity contribution in [2.45, 2.75) is 341 Å². The molecule has 0 aliphatic rings. The number of hydrogen-bond donors (Lipinski definition) is 3. The molecule has 0 rings (SSSR count). The van der Waals surface area contributed by atoms with Crippen LogP contribution in [0.25, 0.3) is 0 Å². The van der Waals surface area contributed by atoms with Crippen LogP contribution in [0.15, 0.2) is 109 Å². The average Bonchev–Trinajstić information content (AvgIpc) is 1.01. The molecule has 3 N–H and O–H groups in total. The molecule has 0 fully saturated rings. The fourth-order valence-electron chi connectivity index (χ4n) is 10.2. The first-order chi connectivity index (χ1) is 48.7. The van der Waals surface area contributed by atoms with E-state index in [4.69, 9.17) is 37.0 Å². The van der Waals surface area contributed by atoms with Gasteiger partial charge in [0.05, 0.1) is 26.4 Å². The van der Waals surface area contributed by atoms with Crippen LogP contribution < -0.4 is 0 Å². The summed E-state index contributed by atoms with van der Waals surface area (Å²) in [6, 6.07) is 0. The molecule has 0 spiro atoms. The quantitative estimate of drug-likeness (QED) is 0.0169. The molecule has 100 heavy (non-hydrogen) atoms. The Morgan fingerprint density at radius 3 is 0.840 bits per heavy atom. The average molecular weight is 1450 g/mol. The van der Waals surface area contributed by atoms with Crippen LogP contribution in [0.1, 0.15) is 323 Å². The zero-order chi connectivity index (χ0) is 73.2. The van der Waals surface area contributed by atoms with E-state index in [1.54, 1.807) is 0 Å². The third kappa shape index (κ3) is 72.1. The maximum Gasteiger partial charge on any atom is 0.472 e. The molecule has 0 aromatic carbocycles. The third-order valence-electron chi connectivity index (χ3n) is 16.2. The molecule has 17 nitrogen and oxygen atoms in total. The number of carbonyl (C=O) groups is 4. The molecule has 2 unspecified atom stereocenters. The van der Waals surface area contributed by atoms with E-state index in [2.05, 4.69) is 137 Å². The fourth-order valence-corrected chi connectivity index (χ4v) is 11.8. The number of aliphatic hydroxyl groups is 1. The Kier molecular flexibility index (Phi) is 69.9. The Labute approximate surface area is 607 Å². The van der Waals surface area contributed by atoms with Gasteiger partial charge >= 0.3 is 39.5 Å². The van der Waals surface area contributed by atoms with E-state index < -0.39 is 97.5 Å². The number of carbonyl (C=O) groups excluding carboxylic acids is 4. The van der Waals surface area contributed by atoms with Crippen LogP contribution in [0.3, 0.4) is 0 Å². The van der Waals surface area contributed by atoms with Gasteiger partial charge in [-0.2, -0.15) is 0 Å². The standard InChI is InChI=1S/C81H140O17P2/c1-5-9-13-17-21-25-29-33-35-36-37-38-40-44-48-52-56-60-64-68-81(86)98-77(72-92-79(84)66-62-58-54-50-46-42-32-28-24-20-16-12-8-4)74-96-100(89,90)94-70-75(82)69-93-99(87,88)95-73-76(71-91-78(83)65-61-57-53-49-45-41-31-27-23-19-15-11-7-3)97-80(85)67-63-59-55-51-47-43-39-34-30-26-22-18-14-10-6-2/h9,13,21-22,25-28,31-35,37-39,44,48,75-77,82H,5-8,10-12,14-20,23-24,29-30,36,40-43,45-47,49-74H2,1-4H3,(H,87,88)(H,89,90)/b13-9-,25-21-,26-22-,31-27-,32-28-,35-33-,38-37-,39-34-,48-44-/t75-,76+,77+/m0/s1. The number of phosphoric ester groups is 2. The van der Waals surface area contributed by atoms with Crippen molar-refractivity contribution in [1.29, 1.82) is 0 Å². The van der Waals surface area contributed by atoms with Crippen LogP contribution in [0.5, 0.6) is 0 Å². The number of esters is 4. The zero-order valence-corrected chi connectivity index (χ0v) is 64.6. The predicted octanol–water partition coefficient (Wildman–Crippen LogP) is 22.6. The molecule has 0 aliphatic carbocycles. The summed E-state index contributed by atoms with van der Waals surface area (Å²) in [6.07, 6.45) is 77.8. The molecule has 0 aliphatic heterocycles. The van der Waals surface area contributed by atoms with Crippen LogP contribution in [-0.4, -0.2) is 96.7 Å². The highest BCUT2D eigenvalue weighted by atomic mass is 31.2. The number of unbranched alkanes of at least 4 members (excludes halogenated alkanes) is 29. The summed E-state index contributed by atoms with van der Waals surface area (Å²) in [4.78, 5) is 72.9. The monoisotopic (exact) mass is 1450 g/mol. The van der Waals surface area contributed by atoms with E-state index in [1.165, 1.54) is 70.6 Å². The Morgan fingerprint density at radius 1 is 0.290 bits per heavy atom. The van der Waals surface area contributed by atoms with E-state index in [1.807, 2.05) is 0 Å². The third-order valence-corrected chi connectivity index (χ3v) is 18.1. The number of aliphatic hydroxyl groups excluding tert-OH is 1. The highest BCUT2D eigenvalue weighted by Gasteiger charge is 2.30. The van der Waals surface area contributed by atoms with Crippen LogP contribution in [0.4, 0.5) is 0 Å². The van der Waals surface area contributed by atoms with Crippen molar-refractivity contribution in [3.63, 3.8) is 0 Å². The largest absolute Gasteiger partial charge is 0.472 e. The van der Waals surface area contributed by atoms with Gasteiger partial charge < -0.3 is 33.8 Å². The SMILES string of the molecule is CC/C=C\C/C=C\C/C=C\C/C=C\C/C=C\CCCCCC(=O)O[C@H](COC(=O)CCCCCCC/C=C\CCCCCC)COP(=O)(O)OC[C@@H](O)COP(=O)(O)OC[C@@H](COC(=O)CCCCCCC/C=C\CCCCCC)OC(=O)CCCCCCC/C=C\C/C=C\CCCCC. The van der Waals surface area contributed by atoms with Crippen molar-refractivity contribution in [1.82, 2.24) is 0 Å². The molecular formula is C81H140O17P2. The minimum Gasteiger partial charge on any atom is -0.462 e. The van der Waals surface area contributed by atoms with Gasteiger partial charge in [0.25, 0.3) is 0 Å². The summed E-state index contributed by atoms with van der Waals surface area (Å²) >= 11 is 0. The number of hydrogen-bond acceptors (Lipinski definition) is 15. The Hall–Kier alpha value is -4.28. The van der Waals surface area contributed by atoms with Crippen molar-refractivity contribution < 1.29 is 80.2 Å². The summed E-state index contributed by atoms with van der Waals surface area (Å²) in [5.74, 6) is -2.24. The first-order valence-electron chi connectivity index (χ1n) is 39.1. The Morgan fingerprint density at radius 2 is 0.520 bits per heavy atom. The lowest BCUT2D eigenvalue weighted by atomic mass is 10.1. The predicted molar refractivity (Wildman–Crippen MR) is 408 cm³/mol. The Balaban J connectivity index is 5.40. The van der Waals surface area contributed by atoms with Gasteiger partial charge in [0.15, 0.2) is 12.2 Å². The molecule has 0 bridgehead atoms. The lowest BCUT2D eigenvalue weighted by Crippen LogP contribution is -2.30. The van der Waals surface area contributed by atoms with Gasteiger partial charge in [-0.05, 0) is 154 Å². The lowest BCUT2D eigenvalue weighted by molar-refractivity contribution is -0.161. The van der Waals surface area contributed by atoms with E-state index in [9.17, 15) is 43.2 Å². The molecule has 5 atom stereocenters. The van der Waals surface area contributed by atoms with Crippen LogP contribution >= 0.6 is 15.6 Å². The van der Waals surface area contributed by atoms with E-state index in [-0.39, 0.29) is 25.7 Å². The van der Waals surface area contributed by atoms with Gasteiger partial charge in [-0.1, -0.05) is 253 Å². The summed E-state index contributed by atoms with van der Waals surface area (Å²) in [5.41, 5.74) is 0. The van der Waals surface area contributed by atoms with E-state index in [0.717, 1.165) is 173 Å². The maximum absolute atomic E-state index is 13.1. The van der Waals surface area contributed by atoms with Crippen LogP contribution in [-0.2, 0) is 65.4 Å². The van der Waals surface area contributed by atoms with Crippen LogP contribution in [0.2, 0.25) is 0 Å². The minimum atomic E-state index is -4.99. The minimum absolute atomic E-state index is 0.0528. The van der Waals surface area contributed by atoms with Crippen molar-refractivity contribution in [2.75, 3.05) is 39.6 Å². The van der Waals surface area contributed by atoms with E-state index in [0.29, 0.717) is 25.7 Å². The van der Waals surface area contributed by atoms with Gasteiger partial charge in [-0.25, -0.2) is 9.13 Å². The fraction of sp³-hybridized carbons (Fsp3) is 0.728. The second-order valence-corrected chi connectivity index (χ2v) is 28.8. The highest BCUT2D eigenvalue weighted by molar-refractivity contribution is 7.47. The van der Waals surface area contributed by atoms with Gasteiger partial charge in [-0.15, -0.1) is 0 Å². The normalized spacial score (nSPS) is 14.5. The molecule has 576 valence electrons. The van der Waals surface area contributed by atoms with Gasteiger partial charge in [0.1, 0.15) is 19.3 Å². The molecule has 0 saturated heterocycles. The molecule has 19 heteroatoms. The smallest absolute Gasteiger partial charge is 0.462 e. The molecule has 0 aromatic heterocycles. The molecule has 0 radical (unpaired) electrons. The molecule has 0 heterocycles. The molecule has 0 amide bonds. The molecular weight excluding hydrogens is 1310 g/mol. The Bertz CT molecular complexity index is 2320. The summed E-state index contributed by atoms with van der Waals surface area (Å²) in [7, 11) is -9.97. The topological polar surface area (TPSA) is 237 Å². The number of allylic oxidation sites excluding steroid dienone is 18. The van der Waals surface area contributed by atoms with Gasteiger partial charge in [-0.3, -0.25) is 37.3 Å². The second kappa shape index (κ2) is 73.0. The van der Waals surface area contributed by atoms with Crippen molar-refractivity contribution in [3.8, 4) is 0 Å². The summed E-state index contributed by atoms with van der Waals surface area (Å²) < 4.78 is 68.5. The first-order valence-corrected chi connectivity index (χ1v) is 42.1. The highest BCUT2D eigenvalue weighted by Crippen LogP contribution is 2.45. The van der Waals surface area contributed by atoms with Crippen molar-refractivity contribution in [3.05, 3.63) is 109 Å². The second-order valence-electron chi connectivity index (χ2n) is 25.9. The number of phosphoric acid groups is 2. The van der Waals surface area contributed by atoms with Gasteiger partial charge in [0, 0.05) is 25.7 Å². The van der Waals surface area contributed by atoms with Gasteiger partial charge in [0.2, 0.25) is 0 Å². The van der Waals surface area contributed by atoms with Crippen LogP contribution in [0, 0.1) is 0 Å². The molecule has 0 aromatic rings. The maximum atomic E-state index is 13.1. The lowest BCUT2D eigenvalue weighted by Gasteiger charge is -2.21. The van der Waals surface area contributed by atoms with Crippen molar-refractivity contribution >= 4 is 39.5 Å². The number of ether oxygens (including phenoxy) is 4. The van der Waals surface area contributed by atoms with E-state index >= 15 is 0 Å². The number of rotatable bonds is 73. The molecule has 0 saturated carbocycles. The summed E-state index contributed by atoms with van der Waals surface area (Å²) in [5, 5.41) is 10.6. The zero-order valence-electron chi connectivity index (χ0n) is 62.8. The summed E-state index contributed by atoms with van der Waals surface area (Å²) in [6.45, 7) is 4.65. The van der Waals surface area contributed by atoms with Crippen molar-refractivity contribution in [2.24, 2.45) is 0 Å². The first kappa shape index (κ1) is 95.7.